The molecule has 1 saturated carbocycles. The zero-order chi connectivity index (χ0) is 11.4. The fraction of sp³-hybridized carbons (Fsp3) is 0.769. The molecule has 0 radical (unpaired) electrons. The van der Waals surface area contributed by atoms with Crippen molar-refractivity contribution in [3.05, 3.63) is 11.3 Å². The Morgan fingerprint density at radius 2 is 1.94 bits per heavy atom. The molecular weight excluding hydrogens is 198 g/mol. The lowest BCUT2D eigenvalue weighted by atomic mass is 9.92. The number of hydrogen-bond acceptors (Lipinski definition) is 2. The van der Waals surface area contributed by atoms with E-state index in [4.69, 9.17) is 5.73 Å². The standard InChI is InChI=1S/C13H23N3/c1-2-7-11-12(15-16-13(11)14)10-8-5-3-4-6-9-10/h10H,2-9H2,1H3,(H3,14,15,16). The number of aromatic nitrogens is 2. The molecule has 1 aliphatic carbocycles. The van der Waals surface area contributed by atoms with Crippen LogP contribution in [-0.4, -0.2) is 10.2 Å². The number of nitrogen functional groups attached to an aromatic ring is 1. The predicted octanol–water partition coefficient (Wildman–Crippen LogP) is 3.38. The van der Waals surface area contributed by atoms with Gasteiger partial charge >= 0.3 is 0 Å². The molecule has 1 aliphatic rings. The second-order valence-corrected chi connectivity index (χ2v) is 4.94. The van der Waals surface area contributed by atoms with Crippen LogP contribution >= 0.6 is 0 Å². The Hall–Kier alpha value is -0.990. The maximum atomic E-state index is 5.93. The van der Waals surface area contributed by atoms with E-state index in [1.165, 1.54) is 49.8 Å². The topological polar surface area (TPSA) is 54.7 Å². The van der Waals surface area contributed by atoms with Gasteiger partial charge in [-0.05, 0) is 19.3 Å². The minimum Gasteiger partial charge on any atom is -0.382 e. The number of rotatable bonds is 3. The third-order valence-corrected chi connectivity index (χ3v) is 3.69. The number of anilines is 1. The zero-order valence-corrected chi connectivity index (χ0v) is 10.3. The van der Waals surface area contributed by atoms with Crippen LogP contribution in [0.4, 0.5) is 5.82 Å². The van der Waals surface area contributed by atoms with Crippen LogP contribution in [0.5, 0.6) is 0 Å². The highest BCUT2D eigenvalue weighted by atomic mass is 15.2. The summed E-state index contributed by atoms with van der Waals surface area (Å²) in [4.78, 5) is 0. The molecular formula is C13H23N3. The van der Waals surface area contributed by atoms with Crippen LogP contribution in [0.25, 0.3) is 0 Å². The first kappa shape index (κ1) is 11.5. The molecule has 0 unspecified atom stereocenters. The Morgan fingerprint density at radius 1 is 1.25 bits per heavy atom. The average molecular weight is 221 g/mol. The van der Waals surface area contributed by atoms with E-state index < -0.39 is 0 Å². The van der Waals surface area contributed by atoms with Gasteiger partial charge < -0.3 is 5.73 Å². The van der Waals surface area contributed by atoms with E-state index in [0.717, 1.165) is 18.7 Å². The van der Waals surface area contributed by atoms with Crippen LogP contribution in [0.1, 0.15) is 69.0 Å². The van der Waals surface area contributed by atoms with Crippen LogP contribution in [0, 0.1) is 0 Å². The summed E-state index contributed by atoms with van der Waals surface area (Å²) >= 11 is 0. The van der Waals surface area contributed by atoms with E-state index in [1.54, 1.807) is 0 Å². The minimum absolute atomic E-state index is 0.675. The smallest absolute Gasteiger partial charge is 0.148 e. The normalized spacial score (nSPS) is 18.6. The van der Waals surface area contributed by atoms with Gasteiger partial charge in [0.15, 0.2) is 0 Å². The third kappa shape index (κ3) is 2.39. The Balaban J connectivity index is 2.17. The van der Waals surface area contributed by atoms with Gasteiger partial charge in [-0.1, -0.05) is 39.0 Å². The van der Waals surface area contributed by atoms with Gasteiger partial charge in [-0.3, -0.25) is 5.10 Å². The lowest BCUT2D eigenvalue weighted by Gasteiger charge is -2.14. The molecule has 1 heterocycles. The van der Waals surface area contributed by atoms with Gasteiger partial charge in [-0.2, -0.15) is 5.10 Å². The van der Waals surface area contributed by atoms with Crippen molar-refractivity contribution in [1.29, 1.82) is 0 Å². The second kappa shape index (κ2) is 5.37. The molecule has 0 atom stereocenters. The van der Waals surface area contributed by atoms with Crippen molar-refractivity contribution in [2.75, 3.05) is 5.73 Å². The van der Waals surface area contributed by atoms with Crippen molar-refractivity contribution in [3.63, 3.8) is 0 Å². The largest absolute Gasteiger partial charge is 0.382 e. The minimum atomic E-state index is 0.675. The average Bonchev–Trinajstić information content (AvgIpc) is 2.55. The monoisotopic (exact) mass is 221 g/mol. The summed E-state index contributed by atoms with van der Waals surface area (Å²) in [5.74, 6) is 1.40. The van der Waals surface area contributed by atoms with Gasteiger partial charge in [0.05, 0.1) is 0 Å². The fourth-order valence-corrected chi connectivity index (χ4v) is 2.81. The molecule has 1 fully saturated rings. The number of nitrogens with two attached hydrogens (primary N) is 1. The van der Waals surface area contributed by atoms with Crippen molar-refractivity contribution < 1.29 is 0 Å². The van der Waals surface area contributed by atoms with Crippen LogP contribution in [0.3, 0.4) is 0 Å². The number of aromatic amines is 1. The van der Waals surface area contributed by atoms with Crippen LogP contribution in [0.15, 0.2) is 0 Å². The van der Waals surface area contributed by atoms with E-state index in [1.807, 2.05) is 0 Å². The van der Waals surface area contributed by atoms with Crippen molar-refractivity contribution in [2.45, 2.75) is 64.2 Å². The number of nitrogens with zero attached hydrogens (tertiary/aromatic N) is 1. The first-order chi connectivity index (χ1) is 7.83. The van der Waals surface area contributed by atoms with Crippen molar-refractivity contribution >= 4 is 5.82 Å². The molecule has 0 aromatic carbocycles. The zero-order valence-electron chi connectivity index (χ0n) is 10.3. The first-order valence-electron chi connectivity index (χ1n) is 6.65. The lowest BCUT2D eigenvalue weighted by molar-refractivity contribution is 0.570. The maximum absolute atomic E-state index is 5.93. The molecule has 3 nitrogen and oxygen atoms in total. The van der Waals surface area contributed by atoms with E-state index >= 15 is 0 Å². The molecule has 3 N–H and O–H groups in total. The Labute approximate surface area is 97.8 Å². The predicted molar refractivity (Wildman–Crippen MR) is 67.4 cm³/mol. The lowest BCUT2D eigenvalue weighted by Crippen LogP contribution is -2.02. The molecule has 0 bridgehead atoms. The fourth-order valence-electron chi connectivity index (χ4n) is 2.81. The SMILES string of the molecule is CCCc1c(N)n[nH]c1C1CCCCCC1. The third-order valence-electron chi connectivity index (χ3n) is 3.69. The van der Waals surface area contributed by atoms with Gasteiger partial charge in [0.1, 0.15) is 5.82 Å². The second-order valence-electron chi connectivity index (χ2n) is 4.94. The summed E-state index contributed by atoms with van der Waals surface area (Å²) in [6.45, 7) is 2.20. The number of H-pyrrole nitrogens is 1. The summed E-state index contributed by atoms with van der Waals surface area (Å²) < 4.78 is 0. The van der Waals surface area contributed by atoms with Gasteiger partial charge in [0.2, 0.25) is 0 Å². The molecule has 2 rings (SSSR count). The number of hydrogen-bond donors (Lipinski definition) is 2. The van der Waals surface area contributed by atoms with Gasteiger partial charge in [0.25, 0.3) is 0 Å². The highest BCUT2D eigenvalue weighted by Crippen LogP contribution is 2.34. The van der Waals surface area contributed by atoms with E-state index in [0.29, 0.717) is 5.92 Å². The quantitative estimate of drug-likeness (QED) is 0.769. The molecule has 0 amide bonds. The molecule has 1 aromatic heterocycles. The molecule has 1 aromatic rings. The molecule has 0 spiro atoms. The molecule has 16 heavy (non-hydrogen) atoms. The molecule has 3 heteroatoms. The van der Waals surface area contributed by atoms with Crippen LogP contribution in [0.2, 0.25) is 0 Å². The summed E-state index contributed by atoms with van der Waals surface area (Å²) in [6.07, 6.45) is 10.3. The van der Waals surface area contributed by atoms with E-state index in [9.17, 15) is 0 Å². The van der Waals surface area contributed by atoms with Gasteiger partial charge in [0, 0.05) is 17.2 Å². The Bertz CT molecular complexity index is 322. The van der Waals surface area contributed by atoms with Crippen molar-refractivity contribution in [3.8, 4) is 0 Å². The summed E-state index contributed by atoms with van der Waals surface area (Å²) in [5, 5.41) is 7.38. The van der Waals surface area contributed by atoms with Gasteiger partial charge in [-0.25, -0.2) is 0 Å². The van der Waals surface area contributed by atoms with Crippen LogP contribution < -0.4 is 5.73 Å². The summed E-state index contributed by atoms with van der Waals surface area (Å²) in [7, 11) is 0. The van der Waals surface area contributed by atoms with Gasteiger partial charge in [-0.15, -0.1) is 0 Å². The Morgan fingerprint density at radius 3 is 2.56 bits per heavy atom. The highest BCUT2D eigenvalue weighted by molar-refractivity contribution is 5.43. The molecule has 0 aliphatic heterocycles. The summed E-state index contributed by atoms with van der Waals surface area (Å²) in [6, 6.07) is 0. The first-order valence-corrected chi connectivity index (χ1v) is 6.65. The molecule has 90 valence electrons. The van der Waals surface area contributed by atoms with Crippen molar-refractivity contribution in [2.24, 2.45) is 0 Å². The molecule has 0 saturated heterocycles. The van der Waals surface area contributed by atoms with E-state index in [-0.39, 0.29) is 0 Å². The van der Waals surface area contributed by atoms with Crippen LogP contribution in [-0.2, 0) is 6.42 Å². The Kier molecular flexibility index (Phi) is 3.86. The highest BCUT2D eigenvalue weighted by Gasteiger charge is 2.20. The van der Waals surface area contributed by atoms with E-state index in [2.05, 4.69) is 17.1 Å². The van der Waals surface area contributed by atoms with Crippen molar-refractivity contribution in [1.82, 2.24) is 10.2 Å². The maximum Gasteiger partial charge on any atom is 0.148 e. The number of nitrogens with one attached hydrogen (secondary N) is 1. The summed E-state index contributed by atoms with van der Waals surface area (Å²) in [5.41, 5.74) is 8.55.